The van der Waals surface area contributed by atoms with Crippen LogP contribution in [0.25, 0.3) is 0 Å². The Hall–Kier alpha value is -0.760. The van der Waals surface area contributed by atoms with Gasteiger partial charge in [0, 0.05) is 25.0 Å². The lowest BCUT2D eigenvalue weighted by Crippen LogP contribution is -2.25. The van der Waals surface area contributed by atoms with Crippen molar-refractivity contribution in [2.24, 2.45) is 11.3 Å². The normalized spacial score (nSPS) is 14.2. The minimum Gasteiger partial charge on any atom is -0.354 e. The molecule has 1 unspecified atom stereocenters. The molecule has 1 heterocycles. The molecule has 104 valence electrons. The van der Waals surface area contributed by atoms with Crippen LogP contribution in [0.3, 0.4) is 0 Å². The van der Waals surface area contributed by atoms with Crippen molar-refractivity contribution in [3.8, 4) is 0 Å². The molecule has 0 aromatic carbocycles. The maximum absolute atomic E-state index is 3.57. The van der Waals surface area contributed by atoms with Crippen LogP contribution in [0.5, 0.6) is 0 Å². The Morgan fingerprint density at radius 3 is 2.44 bits per heavy atom. The van der Waals surface area contributed by atoms with Gasteiger partial charge in [-0.1, -0.05) is 41.5 Å². The van der Waals surface area contributed by atoms with E-state index in [1.165, 1.54) is 12.0 Å². The smallest absolute Gasteiger partial charge is 0.0358 e. The Morgan fingerprint density at radius 1 is 1.28 bits per heavy atom. The predicted molar refractivity (Wildman–Crippen MR) is 79.8 cm³/mol. The topological polar surface area (TPSA) is 17.0 Å². The van der Waals surface area contributed by atoms with Gasteiger partial charge in [-0.2, -0.15) is 0 Å². The molecule has 0 fully saturated rings. The van der Waals surface area contributed by atoms with Gasteiger partial charge in [0.25, 0.3) is 0 Å². The zero-order valence-electron chi connectivity index (χ0n) is 13.0. The van der Waals surface area contributed by atoms with Gasteiger partial charge in [-0.25, -0.2) is 0 Å². The fraction of sp³-hybridized carbons (Fsp3) is 0.750. The molecule has 1 aromatic heterocycles. The van der Waals surface area contributed by atoms with Gasteiger partial charge < -0.3 is 9.88 Å². The van der Waals surface area contributed by atoms with Crippen LogP contribution in [0.1, 0.15) is 59.6 Å². The second-order valence-corrected chi connectivity index (χ2v) is 6.77. The molecule has 2 nitrogen and oxygen atoms in total. The summed E-state index contributed by atoms with van der Waals surface area (Å²) in [5.74, 6) is 0.628. The third-order valence-corrected chi connectivity index (χ3v) is 3.34. The fourth-order valence-electron chi connectivity index (χ4n) is 2.21. The molecule has 0 aliphatic carbocycles. The summed E-state index contributed by atoms with van der Waals surface area (Å²) < 4.78 is 2.33. The first-order valence-electron chi connectivity index (χ1n) is 7.22. The van der Waals surface area contributed by atoms with Crippen molar-refractivity contribution in [3.05, 3.63) is 24.0 Å². The van der Waals surface area contributed by atoms with Crippen molar-refractivity contribution in [1.82, 2.24) is 9.88 Å². The summed E-state index contributed by atoms with van der Waals surface area (Å²) >= 11 is 0. The van der Waals surface area contributed by atoms with Gasteiger partial charge in [0.1, 0.15) is 0 Å². The first kappa shape index (κ1) is 15.3. The summed E-state index contributed by atoms with van der Waals surface area (Å²) in [5.41, 5.74) is 1.82. The largest absolute Gasteiger partial charge is 0.354 e. The molecule has 1 atom stereocenters. The van der Waals surface area contributed by atoms with E-state index in [0.717, 1.165) is 13.1 Å². The van der Waals surface area contributed by atoms with E-state index in [2.05, 4.69) is 69.9 Å². The van der Waals surface area contributed by atoms with E-state index < -0.39 is 0 Å². The van der Waals surface area contributed by atoms with Crippen LogP contribution < -0.4 is 5.32 Å². The predicted octanol–water partition coefficient (Wildman–Crippen LogP) is 4.23. The molecule has 2 heteroatoms. The van der Waals surface area contributed by atoms with Gasteiger partial charge in [0.05, 0.1) is 0 Å². The van der Waals surface area contributed by atoms with Gasteiger partial charge in [-0.05, 0) is 35.9 Å². The highest BCUT2D eigenvalue weighted by Gasteiger charge is 2.16. The Morgan fingerprint density at radius 2 is 1.94 bits per heavy atom. The molecule has 1 N–H and O–H groups in total. The number of aryl methyl sites for hydroxylation is 1. The van der Waals surface area contributed by atoms with Crippen LogP contribution in [0.2, 0.25) is 0 Å². The molecule has 0 bridgehead atoms. The van der Waals surface area contributed by atoms with Crippen molar-refractivity contribution in [2.75, 3.05) is 6.54 Å². The van der Waals surface area contributed by atoms with Gasteiger partial charge in [-0.3, -0.25) is 0 Å². The van der Waals surface area contributed by atoms with Crippen LogP contribution in [-0.2, 0) is 6.54 Å². The lowest BCUT2D eigenvalue weighted by Gasteiger charge is -2.21. The Kier molecular flexibility index (Phi) is 5.46. The molecule has 0 radical (unpaired) electrons. The summed E-state index contributed by atoms with van der Waals surface area (Å²) in [4.78, 5) is 0. The number of nitrogens with one attached hydrogen (secondary N) is 1. The summed E-state index contributed by atoms with van der Waals surface area (Å²) in [6.07, 6.45) is 5.74. The van der Waals surface area contributed by atoms with E-state index in [-0.39, 0.29) is 0 Å². The maximum atomic E-state index is 3.57. The number of hydrogen-bond acceptors (Lipinski definition) is 1. The minimum atomic E-state index is 0.406. The summed E-state index contributed by atoms with van der Waals surface area (Å²) in [7, 11) is 0. The number of nitrogens with zero attached hydrogens (tertiary/aromatic N) is 1. The highest BCUT2D eigenvalue weighted by atomic mass is 15.0. The molecule has 18 heavy (non-hydrogen) atoms. The van der Waals surface area contributed by atoms with Crippen molar-refractivity contribution in [2.45, 2.75) is 60.5 Å². The summed E-state index contributed by atoms with van der Waals surface area (Å²) in [6.45, 7) is 15.8. The van der Waals surface area contributed by atoms with Gasteiger partial charge in [0.2, 0.25) is 0 Å². The van der Waals surface area contributed by atoms with Crippen molar-refractivity contribution in [3.63, 3.8) is 0 Å². The quantitative estimate of drug-likeness (QED) is 0.799. The molecule has 0 spiro atoms. The van der Waals surface area contributed by atoms with E-state index in [0.29, 0.717) is 17.4 Å². The van der Waals surface area contributed by atoms with Gasteiger partial charge in [-0.15, -0.1) is 0 Å². The first-order chi connectivity index (χ1) is 8.33. The minimum absolute atomic E-state index is 0.406. The molecular formula is C16H30N2. The van der Waals surface area contributed by atoms with E-state index >= 15 is 0 Å². The standard InChI is InChI=1S/C16H30N2/c1-7-17-15(13(2)3)14-8-10-18(12-14)11-9-16(4,5)6/h8,10,12-13,15,17H,7,9,11H2,1-6H3. The molecule has 1 aromatic rings. The molecule has 1 rings (SSSR count). The maximum Gasteiger partial charge on any atom is 0.0358 e. The first-order valence-corrected chi connectivity index (χ1v) is 7.22. The molecule has 0 aliphatic heterocycles. The lowest BCUT2D eigenvalue weighted by molar-refractivity contribution is 0.350. The number of rotatable bonds is 6. The molecular weight excluding hydrogens is 220 g/mol. The number of aromatic nitrogens is 1. The monoisotopic (exact) mass is 250 g/mol. The average Bonchev–Trinajstić information content (AvgIpc) is 2.70. The van der Waals surface area contributed by atoms with Crippen LogP contribution >= 0.6 is 0 Å². The highest BCUT2D eigenvalue weighted by Crippen LogP contribution is 2.23. The van der Waals surface area contributed by atoms with E-state index in [4.69, 9.17) is 0 Å². The SMILES string of the molecule is CCNC(c1ccn(CCC(C)(C)C)c1)C(C)C. The zero-order valence-corrected chi connectivity index (χ0v) is 13.0. The lowest BCUT2D eigenvalue weighted by atomic mass is 9.92. The third-order valence-electron chi connectivity index (χ3n) is 3.34. The van der Waals surface area contributed by atoms with E-state index in [1.54, 1.807) is 0 Å². The molecule has 0 saturated carbocycles. The van der Waals surface area contributed by atoms with Gasteiger partial charge in [0.15, 0.2) is 0 Å². The molecule has 0 saturated heterocycles. The fourth-order valence-corrected chi connectivity index (χ4v) is 2.21. The Bertz CT molecular complexity index is 344. The van der Waals surface area contributed by atoms with Crippen LogP contribution in [0, 0.1) is 11.3 Å². The Balaban J connectivity index is 2.66. The summed E-state index contributed by atoms with van der Waals surface area (Å²) in [5, 5.41) is 3.57. The van der Waals surface area contributed by atoms with Crippen molar-refractivity contribution < 1.29 is 0 Å². The highest BCUT2D eigenvalue weighted by molar-refractivity contribution is 5.16. The third kappa shape index (κ3) is 4.85. The zero-order chi connectivity index (χ0) is 13.8. The van der Waals surface area contributed by atoms with E-state index in [9.17, 15) is 0 Å². The Labute approximate surface area is 113 Å². The second-order valence-electron chi connectivity index (χ2n) is 6.77. The number of hydrogen-bond donors (Lipinski definition) is 1. The van der Waals surface area contributed by atoms with E-state index in [1.807, 2.05) is 0 Å². The summed E-state index contributed by atoms with van der Waals surface area (Å²) in [6, 6.07) is 2.74. The van der Waals surface area contributed by atoms with Gasteiger partial charge >= 0.3 is 0 Å². The second kappa shape index (κ2) is 6.42. The van der Waals surface area contributed by atoms with Crippen LogP contribution in [0.4, 0.5) is 0 Å². The van der Waals surface area contributed by atoms with Crippen LogP contribution in [0.15, 0.2) is 18.5 Å². The average molecular weight is 250 g/mol. The van der Waals surface area contributed by atoms with Crippen LogP contribution in [-0.4, -0.2) is 11.1 Å². The molecule has 0 amide bonds. The molecule has 0 aliphatic rings. The van der Waals surface area contributed by atoms with Crippen molar-refractivity contribution in [1.29, 1.82) is 0 Å². The van der Waals surface area contributed by atoms with Crippen molar-refractivity contribution >= 4 is 0 Å².